The highest BCUT2D eigenvalue weighted by molar-refractivity contribution is 5.68. The van der Waals surface area contributed by atoms with E-state index in [4.69, 9.17) is 5.73 Å². The average molecular weight is 296 g/mol. The van der Waals surface area contributed by atoms with Crippen LogP contribution in [0.25, 0.3) is 11.1 Å². The predicted octanol–water partition coefficient (Wildman–Crippen LogP) is 5.34. The summed E-state index contributed by atoms with van der Waals surface area (Å²) in [7, 11) is 0. The minimum atomic E-state index is 0.0704. The number of rotatable bonds is 2. The van der Waals surface area contributed by atoms with Crippen LogP contribution in [-0.4, -0.2) is 11.1 Å². The summed E-state index contributed by atoms with van der Waals surface area (Å²) in [5.74, 6) is 0. The van der Waals surface area contributed by atoms with Crippen LogP contribution >= 0.6 is 0 Å². The molecule has 22 heavy (non-hydrogen) atoms. The molecular formula is C20H28N2. The molecule has 2 N–H and O–H groups in total. The van der Waals surface area contributed by atoms with Crippen LogP contribution in [-0.2, 0) is 0 Å². The van der Waals surface area contributed by atoms with Crippen molar-refractivity contribution in [1.82, 2.24) is 0 Å². The molecule has 0 heterocycles. The molecule has 0 aromatic heterocycles. The van der Waals surface area contributed by atoms with Gasteiger partial charge >= 0.3 is 0 Å². The number of hydrogen-bond acceptors (Lipinski definition) is 2. The first-order chi connectivity index (χ1) is 10.1. The third-order valence-corrected chi connectivity index (χ3v) is 3.71. The van der Waals surface area contributed by atoms with Gasteiger partial charge in [-0.1, -0.05) is 24.3 Å². The molecule has 0 saturated carbocycles. The molecule has 0 amide bonds. The third-order valence-electron chi connectivity index (χ3n) is 3.71. The minimum absolute atomic E-state index is 0.0704. The maximum Gasteiger partial charge on any atom is 0.0375 e. The molecule has 0 spiro atoms. The fourth-order valence-electron chi connectivity index (χ4n) is 3.26. The fraction of sp³-hybridized carbons (Fsp3) is 0.400. The molecule has 2 rings (SSSR count). The first-order valence-electron chi connectivity index (χ1n) is 7.85. The van der Waals surface area contributed by atoms with E-state index in [0.717, 1.165) is 5.69 Å². The maximum absolute atomic E-state index is 5.76. The lowest BCUT2D eigenvalue weighted by Crippen LogP contribution is -2.53. The number of nitrogens with two attached hydrogens (primary N) is 1. The number of nitrogens with zero attached hydrogens (tertiary/aromatic N) is 1. The first-order valence-corrected chi connectivity index (χ1v) is 7.85. The Hall–Kier alpha value is -1.96. The second kappa shape index (κ2) is 5.68. The summed E-state index contributed by atoms with van der Waals surface area (Å²) in [4.78, 5) is 2.47. The lowest BCUT2D eigenvalue weighted by atomic mass is 9.94. The van der Waals surface area contributed by atoms with Crippen LogP contribution in [0.1, 0.15) is 41.5 Å². The molecule has 2 nitrogen and oxygen atoms in total. The van der Waals surface area contributed by atoms with Gasteiger partial charge in [0.2, 0.25) is 0 Å². The molecule has 0 aliphatic heterocycles. The predicted molar refractivity (Wildman–Crippen MR) is 98.3 cm³/mol. The quantitative estimate of drug-likeness (QED) is 0.758. The van der Waals surface area contributed by atoms with E-state index in [9.17, 15) is 0 Å². The first kappa shape index (κ1) is 16.4. The normalized spacial score (nSPS) is 12.3. The van der Waals surface area contributed by atoms with Crippen LogP contribution in [0, 0.1) is 0 Å². The van der Waals surface area contributed by atoms with E-state index < -0.39 is 0 Å². The van der Waals surface area contributed by atoms with Gasteiger partial charge in [-0.05, 0) is 76.9 Å². The Kier molecular flexibility index (Phi) is 4.23. The van der Waals surface area contributed by atoms with Crippen LogP contribution in [0.5, 0.6) is 0 Å². The Labute approximate surface area is 135 Å². The summed E-state index contributed by atoms with van der Waals surface area (Å²) >= 11 is 0. The minimum Gasteiger partial charge on any atom is -0.399 e. The lowest BCUT2D eigenvalue weighted by Gasteiger charge is -2.47. The zero-order chi connectivity index (χ0) is 16.5. The van der Waals surface area contributed by atoms with E-state index >= 15 is 0 Å². The van der Waals surface area contributed by atoms with Gasteiger partial charge in [0.25, 0.3) is 0 Å². The molecule has 118 valence electrons. The van der Waals surface area contributed by atoms with Crippen LogP contribution < -0.4 is 10.6 Å². The standard InChI is InChI=1S/C20H28N2/c1-19(2,3)22(20(4,5)6)18-13-9-16(10-14-18)15-7-11-17(21)12-8-15/h7-14H,21H2,1-6H3. The van der Waals surface area contributed by atoms with Crippen LogP contribution in [0.2, 0.25) is 0 Å². The van der Waals surface area contributed by atoms with Crippen molar-refractivity contribution in [2.24, 2.45) is 0 Å². The van der Waals surface area contributed by atoms with Gasteiger partial charge in [-0.2, -0.15) is 0 Å². The highest BCUT2D eigenvalue weighted by Crippen LogP contribution is 2.33. The van der Waals surface area contributed by atoms with Crippen molar-refractivity contribution >= 4 is 11.4 Å². The van der Waals surface area contributed by atoms with Gasteiger partial charge in [0.05, 0.1) is 0 Å². The maximum atomic E-state index is 5.76. The van der Waals surface area contributed by atoms with Crippen LogP contribution in [0.4, 0.5) is 11.4 Å². The van der Waals surface area contributed by atoms with E-state index in [2.05, 4.69) is 82.8 Å². The highest BCUT2D eigenvalue weighted by atomic mass is 15.2. The molecule has 0 atom stereocenters. The summed E-state index contributed by atoms with van der Waals surface area (Å²) in [5.41, 5.74) is 10.4. The van der Waals surface area contributed by atoms with Crippen LogP contribution in [0.15, 0.2) is 48.5 Å². The molecule has 0 aliphatic carbocycles. The van der Waals surface area contributed by atoms with Gasteiger partial charge in [-0.3, -0.25) is 0 Å². The molecule has 0 radical (unpaired) electrons. The Morgan fingerprint density at radius 1 is 0.636 bits per heavy atom. The largest absolute Gasteiger partial charge is 0.399 e. The van der Waals surface area contributed by atoms with Gasteiger partial charge < -0.3 is 10.6 Å². The van der Waals surface area contributed by atoms with Crippen molar-refractivity contribution in [2.45, 2.75) is 52.6 Å². The van der Waals surface area contributed by atoms with Crippen molar-refractivity contribution in [2.75, 3.05) is 10.6 Å². The van der Waals surface area contributed by atoms with Crippen molar-refractivity contribution < 1.29 is 0 Å². The fourth-order valence-corrected chi connectivity index (χ4v) is 3.26. The molecule has 2 aromatic carbocycles. The summed E-state index contributed by atoms with van der Waals surface area (Å²) in [5, 5.41) is 0. The molecule has 0 fully saturated rings. The van der Waals surface area contributed by atoms with E-state index in [1.54, 1.807) is 0 Å². The molecule has 0 saturated heterocycles. The Morgan fingerprint density at radius 3 is 1.36 bits per heavy atom. The Morgan fingerprint density at radius 2 is 1.00 bits per heavy atom. The van der Waals surface area contributed by atoms with Gasteiger partial charge in [0.1, 0.15) is 0 Å². The van der Waals surface area contributed by atoms with Gasteiger partial charge in [0.15, 0.2) is 0 Å². The smallest absolute Gasteiger partial charge is 0.0375 e. The zero-order valence-corrected chi connectivity index (χ0v) is 14.6. The van der Waals surface area contributed by atoms with Gasteiger partial charge in [-0.15, -0.1) is 0 Å². The number of hydrogen-bond donors (Lipinski definition) is 1. The molecule has 2 aromatic rings. The summed E-state index contributed by atoms with van der Waals surface area (Å²) < 4.78 is 0. The zero-order valence-electron chi connectivity index (χ0n) is 14.6. The average Bonchev–Trinajstić information content (AvgIpc) is 2.37. The van der Waals surface area contributed by atoms with E-state index in [-0.39, 0.29) is 11.1 Å². The molecule has 0 bridgehead atoms. The van der Waals surface area contributed by atoms with Crippen molar-refractivity contribution in [1.29, 1.82) is 0 Å². The number of anilines is 2. The number of nitrogen functional groups attached to an aromatic ring is 1. The monoisotopic (exact) mass is 296 g/mol. The Bertz CT molecular complexity index is 597. The summed E-state index contributed by atoms with van der Waals surface area (Å²) in [6, 6.07) is 16.8. The van der Waals surface area contributed by atoms with Crippen LogP contribution in [0.3, 0.4) is 0 Å². The Balaban J connectivity index is 2.36. The topological polar surface area (TPSA) is 29.3 Å². The van der Waals surface area contributed by atoms with Crippen molar-refractivity contribution in [3.8, 4) is 11.1 Å². The SMILES string of the molecule is CC(C)(C)N(c1ccc(-c2ccc(N)cc2)cc1)C(C)(C)C. The number of benzene rings is 2. The second-order valence-corrected chi connectivity index (χ2v) is 7.85. The molecular weight excluding hydrogens is 268 g/mol. The molecule has 0 aliphatic rings. The molecule has 0 unspecified atom stereocenters. The summed E-state index contributed by atoms with van der Waals surface area (Å²) in [6.45, 7) is 13.5. The lowest BCUT2D eigenvalue weighted by molar-refractivity contribution is 0.381. The molecule has 2 heteroatoms. The van der Waals surface area contributed by atoms with Crippen molar-refractivity contribution in [3.63, 3.8) is 0 Å². The van der Waals surface area contributed by atoms with E-state index in [1.165, 1.54) is 16.8 Å². The van der Waals surface area contributed by atoms with E-state index in [0.29, 0.717) is 0 Å². The highest BCUT2D eigenvalue weighted by Gasteiger charge is 2.31. The van der Waals surface area contributed by atoms with Gasteiger partial charge in [0, 0.05) is 22.5 Å². The summed E-state index contributed by atoms with van der Waals surface area (Å²) in [6.07, 6.45) is 0. The van der Waals surface area contributed by atoms with Gasteiger partial charge in [-0.25, -0.2) is 0 Å². The second-order valence-electron chi connectivity index (χ2n) is 7.85. The van der Waals surface area contributed by atoms with E-state index in [1.807, 2.05) is 12.1 Å². The third kappa shape index (κ3) is 3.62. The van der Waals surface area contributed by atoms with Crippen molar-refractivity contribution in [3.05, 3.63) is 48.5 Å².